The average molecular weight is 510 g/mol. The van der Waals surface area contributed by atoms with Crippen LogP contribution in [0.25, 0.3) is 0 Å². The number of nitrogens with two attached hydrogens (primary N) is 1. The van der Waals surface area contributed by atoms with Crippen molar-refractivity contribution in [3.05, 3.63) is 80.0 Å². The molecule has 0 aliphatic carbocycles. The Morgan fingerprint density at radius 1 is 1.03 bits per heavy atom. The van der Waals surface area contributed by atoms with Crippen LogP contribution in [0.15, 0.2) is 42.7 Å². The number of aryl methyl sites for hydroxylation is 3. The molecule has 0 saturated carbocycles. The third kappa shape index (κ3) is 4.92. The molecule has 1 unspecified atom stereocenters. The lowest BCUT2D eigenvalue weighted by atomic mass is 9.91. The molecule has 0 amide bonds. The van der Waals surface area contributed by atoms with Gasteiger partial charge >= 0.3 is 0 Å². The molecular formula is C24H21Cl2N7S. The van der Waals surface area contributed by atoms with E-state index in [9.17, 15) is 5.26 Å². The highest BCUT2D eigenvalue weighted by atomic mass is 35.5. The Bertz CT molecular complexity index is 1370. The summed E-state index contributed by atoms with van der Waals surface area (Å²) in [5.74, 6) is 0.366. The van der Waals surface area contributed by atoms with E-state index in [1.54, 1.807) is 18.2 Å². The number of nitriles is 1. The summed E-state index contributed by atoms with van der Waals surface area (Å²) in [6.45, 7) is 5.89. The maximum absolute atomic E-state index is 9.83. The van der Waals surface area contributed by atoms with Crippen LogP contribution >= 0.6 is 34.5 Å². The molecule has 0 aliphatic heterocycles. The van der Waals surface area contributed by atoms with Crippen LogP contribution < -0.4 is 16.4 Å². The fraction of sp³-hybridized carbons (Fsp3) is 0.167. The number of halogens is 2. The summed E-state index contributed by atoms with van der Waals surface area (Å²) in [5.41, 5.74) is 10.8. The Balaban J connectivity index is 1.62. The van der Waals surface area contributed by atoms with Gasteiger partial charge in [0.1, 0.15) is 12.0 Å². The van der Waals surface area contributed by atoms with Crippen LogP contribution in [0.1, 0.15) is 33.2 Å². The quantitative estimate of drug-likeness (QED) is 0.259. The lowest BCUT2D eigenvalue weighted by molar-refractivity contribution is 1.03. The molecule has 0 radical (unpaired) electrons. The van der Waals surface area contributed by atoms with E-state index in [1.807, 2.05) is 39.0 Å². The molecule has 0 spiro atoms. The van der Waals surface area contributed by atoms with Crippen molar-refractivity contribution in [1.29, 1.82) is 5.26 Å². The maximum Gasteiger partial charge on any atom is 0.188 e. The summed E-state index contributed by atoms with van der Waals surface area (Å²) in [6.07, 6.45) is 1.42. The molecule has 34 heavy (non-hydrogen) atoms. The van der Waals surface area contributed by atoms with E-state index < -0.39 is 5.92 Å². The number of nitrogens with one attached hydrogen (secondary N) is 2. The molecule has 0 aliphatic rings. The minimum atomic E-state index is -0.525. The zero-order valence-corrected chi connectivity index (χ0v) is 21.0. The third-order valence-corrected chi connectivity index (χ3v) is 6.95. The number of thiazole rings is 1. The van der Waals surface area contributed by atoms with Gasteiger partial charge in [-0.05, 0) is 55.7 Å². The largest absolute Gasteiger partial charge is 0.393 e. The second-order valence-electron chi connectivity index (χ2n) is 7.70. The van der Waals surface area contributed by atoms with E-state index in [2.05, 4.69) is 31.7 Å². The van der Waals surface area contributed by atoms with Crippen molar-refractivity contribution in [2.45, 2.75) is 26.7 Å². The van der Waals surface area contributed by atoms with Crippen LogP contribution in [-0.2, 0) is 0 Å². The molecule has 0 saturated heterocycles. The van der Waals surface area contributed by atoms with Gasteiger partial charge < -0.3 is 16.4 Å². The normalized spacial score (nSPS) is 11.6. The van der Waals surface area contributed by atoms with Crippen LogP contribution in [0.4, 0.5) is 28.1 Å². The van der Waals surface area contributed by atoms with Gasteiger partial charge in [-0.2, -0.15) is 5.26 Å². The van der Waals surface area contributed by atoms with Gasteiger partial charge in [-0.3, -0.25) is 0 Å². The van der Waals surface area contributed by atoms with E-state index in [0.29, 0.717) is 38.1 Å². The van der Waals surface area contributed by atoms with E-state index in [0.717, 1.165) is 27.4 Å². The number of hydrogen-bond acceptors (Lipinski definition) is 8. The number of aromatic nitrogens is 3. The summed E-state index contributed by atoms with van der Waals surface area (Å²) >= 11 is 14.1. The molecule has 4 aromatic rings. The Morgan fingerprint density at radius 2 is 1.71 bits per heavy atom. The minimum absolute atomic E-state index is 0.351. The second-order valence-corrected chi connectivity index (χ2v) is 9.74. The summed E-state index contributed by atoms with van der Waals surface area (Å²) < 4.78 is 0. The van der Waals surface area contributed by atoms with Crippen LogP contribution in [0.3, 0.4) is 0 Å². The lowest BCUT2D eigenvalue weighted by Gasteiger charge is -2.17. The molecule has 0 bridgehead atoms. The summed E-state index contributed by atoms with van der Waals surface area (Å²) in [5, 5.41) is 18.0. The van der Waals surface area contributed by atoms with E-state index in [-0.39, 0.29) is 0 Å². The first-order valence-corrected chi connectivity index (χ1v) is 11.9. The smallest absolute Gasteiger partial charge is 0.188 e. The summed E-state index contributed by atoms with van der Waals surface area (Å²) in [7, 11) is 0. The highest BCUT2D eigenvalue weighted by molar-refractivity contribution is 7.15. The zero-order chi connectivity index (χ0) is 24.4. The molecule has 7 nitrogen and oxygen atoms in total. The highest BCUT2D eigenvalue weighted by Gasteiger charge is 2.19. The SMILES string of the molecule is Cc1cc(C(C#N)c2ccc(Cl)cc2)c(Cl)cc1Nc1ncnc(Nc2nc(C)c(C)s2)c1N. The molecule has 2 heterocycles. The topological polar surface area (TPSA) is 113 Å². The van der Waals surface area contributed by atoms with Crippen molar-refractivity contribution in [1.82, 2.24) is 15.0 Å². The van der Waals surface area contributed by atoms with E-state index in [1.165, 1.54) is 17.7 Å². The Labute approximate surface area is 211 Å². The molecule has 2 aromatic carbocycles. The van der Waals surface area contributed by atoms with Crippen LogP contribution in [-0.4, -0.2) is 15.0 Å². The van der Waals surface area contributed by atoms with Gasteiger partial charge in [0, 0.05) is 20.6 Å². The number of anilines is 5. The molecular weight excluding hydrogens is 489 g/mol. The van der Waals surface area contributed by atoms with Gasteiger partial charge in [0.15, 0.2) is 16.8 Å². The Hall–Kier alpha value is -3.38. The molecule has 0 fully saturated rings. The molecule has 172 valence electrons. The molecule has 4 rings (SSSR count). The number of nitrogen functional groups attached to an aromatic ring is 1. The van der Waals surface area contributed by atoms with Crippen molar-refractivity contribution in [2.75, 3.05) is 16.4 Å². The van der Waals surface area contributed by atoms with E-state index in [4.69, 9.17) is 28.9 Å². The highest BCUT2D eigenvalue weighted by Crippen LogP contribution is 2.36. The zero-order valence-electron chi connectivity index (χ0n) is 18.6. The molecule has 1 atom stereocenters. The summed E-state index contributed by atoms with van der Waals surface area (Å²) in [4.78, 5) is 14.1. The fourth-order valence-electron chi connectivity index (χ4n) is 3.39. The standard InChI is InChI=1S/C24H21Cl2N7S/c1-12-8-17(18(10-27)15-4-6-16(25)7-5-15)19(26)9-20(12)32-22-21(28)23(30-11-29-22)33-24-31-13(2)14(3)34-24/h4-9,11,18H,28H2,1-3H3,(H2,29,30,31,32,33). The number of benzene rings is 2. The lowest BCUT2D eigenvalue weighted by Crippen LogP contribution is -2.06. The predicted molar refractivity (Wildman–Crippen MR) is 140 cm³/mol. The predicted octanol–water partition coefficient (Wildman–Crippen LogP) is 6.89. The van der Waals surface area contributed by atoms with Gasteiger partial charge in [0.25, 0.3) is 0 Å². The monoisotopic (exact) mass is 509 g/mol. The maximum atomic E-state index is 9.83. The van der Waals surface area contributed by atoms with Crippen molar-refractivity contribution in [3.8, 4) is 6.07 Å². The Morgan fingerprint density at radius 3 is 2.32 bits per heavy atom. The first-order valence-electron chi connectivity index (χ1n) is 10.3. The van der Waals surface area contributed by atoms with Crippen molar-refractivity contribution in [3.63, 3.8) is 0 Å². The number of rotatable bonds is 6. The fourth-order valence-corrected chi connectivity index (χ4v) is 4.60. The van der Waals surface area contributed by atoms with Gasteiger partial charge in [-0.1, -0.05) is 41.4 Å². The van der Waals surface area contributed by atoms with E-state index >= 15 is 0 Å². The number of nitrogens with zero attached hydrogens (tertiary/aromatic N) is 4. The van der Waals surface area contributed by atoms with Gasteiger partial charge in [0.2, 0.25) is 0 Å². The third-order valence-electron chi connectivity index (χ3n) is 5.38. The molecule has 2 aromatic heterocycles. The average Bonchev–Trinajstić information content (AvgIpc) is 3.12. The van der Waals surface area contributed by atoms with Crippen molar-refractivity contribution < 1.29 is 0 Å². The first kappa shape index (κ1) is 23.8. The van der Waals surface area contributed by atoms with Gasteiger partial charge in [-0.15, -0.1) is 11.3 Å². The molecule has 4 N–H and O–H groups in total. The second kappa shape index (κ2) is 9.85. The Kier molecular flexibility index (Phi) is 6.89. The number of hydrogen-bond donors (Lipinski definition) is 3. The van der Waals surface area contributed by atoms with Crippen molar-refractivity contribution >= 4 is 62.7 Å². The van der Waals surface area contributed by atoms with Gasteiger partial charge in [-0.25, -0.2) is 15.0 Å². The summed E-state index contributed by atoms with van der Waals surface area (Å²) in [6, 6.07) is 13.2. The first-order chi connectivity index (χ1) is 16.3. The van der Waals surface area contributed by atoms with Crippen LogP contribution in [0, 0.1) is 32.1 Å². The van der Waals surface area contributed by atoms with Gasteiger partial charge in [0.05, 0.1) is 17.7 Å². The van der Waals surface area contributed by atoms with Crippen LogP contribution in [0.2, 0.25) is 10.0 Å². The minimum Gasteiger partial charge on any atom is -0.393 e. The molecule has 10 heteroatoms. The van der Waals surface area contributed by atoms with Crippen molar-refractivity contribution in [2.24, 2.45) is 0 Å². The van der Waals surface area contributed by atoms with Crippen LogP contribution in [0.5, 0.6) is 0 Å².